The number of amides is 2. The van der Waals surface area contributed by atoms with Gasteiger partial charge in [-0.1, -0.05) is 23.7 Å². The lowest BCUT2D eigenvalue weighted by Crippen LogP contribution is -2.56. The van der Waals surface area contributed by atoms with E-state index in [0.717, 1.165) is 17.9 Å². The molecule has 1 N–H and O–H groups in total. The minimum atomic E-state index is -0.210. The molecule has 0 radical (unpaired) electrons. The summed E-state index contributed by atoms with van der Waals surface area (Å²) in [6.45, 7) is 0. The summed E-state index contributed by atoms with van der Waals surface area (Å²) in [7, 11) is 1.56. The van der Waals surface area contributed by atoms with E-state index in [9.17, 15) is 9.59 Å². The van der Waals surface area contributed by atoms with Crippen LogP contribution < -0.4 is 5.32 Å². The lowest BCUT2D eigenvalue weighted by molar-refractivity contribution is -0.148. The van der Waals surface area contributed by atoms with Gasteiger partial charge in [-0.25, -0.2) is 0 Å². The predicted molar refractivity (Wildman–Crippen MR) is 81.1 cm³/mol. The van der Waals surface area contributed by atoms with Crippen molar-refractivity contribution in [1.82, 2.24) is 10.2 Å². The first-order chi connectivity index (χ1) is 10.0. The number of likely N-dealkylation sites (N-methyl/N-ethyl adjacent to an activating group) is 1. The molecule has 1 saturated carbocycles. The third-order valence-corrected chi connectivity index (χ3v) is 4.78. The third-order valence-electron chi connectivity index (χ3n) is 4.54. The molecule has 3 rings (SSSR count). The number of hydrogen-bond acceptors (Lipinski definition) is 3. The van der Waals surface area contributed by atoms with Gasteiger partial charge in [-0.2, -0.15) is 0 Å². The van der Waals surface area contributed by atoms with Crippen LogP contribution in [-0.4, -0.2) is 35.8 Å². The van der Waals surface area contributed by atoms with Gasteiger partial charge in [-0.05, 0) is 42.9 Å². The fraction of sp³-hybridized carbons (Fsp3) is 0.500. The van der Waals surface area contributed by atoms with Gasteiger partial charge < -0.3 is 5.32 Å². The summed E-state index contributed by atoms with van der Waals surface area (Å²) in [6, 6.07) is 8.12. The topological polar surface area (TPSA) is 49.4 Å². The summed E-state index contributed by atoms with van der Waals surface area (Å²) < 4.78 is 0. The van der Waals surface area contributed by atoms with E-state index in [0.29, 0.717) is 24.8 Å². The highest BCUT2D eigenvalue weighted by Gasteiger charge is 2.37. The maximum atomic E-state index is 12.0. The summed E-state index contributed by atoms with van der Waals surface area (Å²) in [5.74, 6) is 0.333. The zero-order valence-corrected chi connectivity index (χ0v) is 12.8. The van der Waals surface area contributed by atoms with Crippen molar-refractivity contribution < 1.29 is 9.59 Å². The number of benzene rings is 1. The van der Waals surface area contributed by atoms with Gasteiger partial charge in [0.05, 0.1) is 6.04 Å². The van der Waals surface area contributed by atoms with Crippen molar-refractivity contribution in [2.24, 2.45) is 0 Å². The third kappa shape index (κ3) is 2.97. The van der Waals surface area contributed by atoms with E-state index in [1.807, 2.05) is 18.2 Å². The second-order valence-electron chi connectivity index (χ2n) is 5.97. The Kier molecular flexibility index (Phi) is 4.00. The zero-order chi connectivity index (χ0) is 15.0. The predicted octanol–water partition coefficient (Wildman–Crippen LogP) is 2.32. The number of hydrogen-bond donors (Lipinski definition) is 1. The Morgan fingerprint density at radius 1 is 1.29 bits per heavy atom. The van der Waals surface area contributed by atoms with Crippen molar-refractivity contribution >= 4 is 23.4 Å². The van der Waals surface area contributed by atoms with Crippen LogP contribution in [0.4, 0.5) is 0 Å². The molecule has 2 amide bonds. The number of rotatable bonds is 3. The molecule has 5 heteroatoms. The summed E-state index contributed by atoms with van der Waals surface area (Å²) in [5.41, 5.74) is 1.27. The van der Waals surface area contributed by atoms with Crippen molar-refractivity contribution in [3.8, 4) is 0 Å². The van der Waals surface area contributed by atoms with Crippen molar-refractivity contribution in [1.29, 1.82) is 0 Å². The monoisotopic (exact) mass is 306 g/mol. The second-order valence-corrected chi connectivity index (χ2v) is 6.41. The van der Waals surface area contributed by atoms with Gasteiger partial charge in [0.2, 0.25) is 11.8 Å². The van der Waals surface area contributed by atoms with Gasteiger partial charge in [-0.15, -0.1) is 0 Å². The Labute approximate surface area is 129 Å². The zero-order valence-electron chi connectivity index (χ0n) is 12.0. The molecule has 1 atom stereocenters. The molecule has 1 unspecified atom stereocenters. The molecule has 1 heterocycles. The SMILES string of the molecule is CN1C(=O)CCC(NC2CC(c3cccc(Cl)c3)C2)C1=O. The van der Waals surface area contributed by atoms with E-state index in [4.69, 9.17) is 11.6 Å². The maximum absolute atomic E-state index is 12.0. The molecule has 4 nitrogen and oxygen atoms in total. The number of imide groups is 1. The molecule has 1 aromatic carbocycles. The smallest absolute Gasteiger partial charge is 0.246 e. The number of likely N-dealkylation sites (tertiary alicyclic amines) is 1. The number of piperidine rings is 1. The number of carbonyl (C=O) groups is 2. The molecular weight excluding hydrogens is 288 g/mol. The Bertz CT molecular complexity index is 569. The van der Waals surface area contributed by atoms with E-state index in [1.165, 1.54) is 10.5 Å². The van der Waals surface area contributed by atoms with Gasteiger partial charge in [0.25, 0.3) is 0 Å². The van der Waals surface area contributed by atoms with Gasteiger partial charge >= 0.3 is 0 Å². The summed E-state index contributed by atoms with van der Waals surface area (Å²) in [5, 5.41) is 4.16. The largest absolute Gasteiger partial charge is 0.303 e. The highest BCUT2D eigenvalue weighted by Crippen LogP contribution is 2.38. The highest BCUT2D eigenvalue weighted by molar-refractivity contribution is 6.30. The van der Waals surface area contributed by atoms with Crippen LogP contribution in [0, 0.1) is 0 Å². The number of nitrogens with zero attached hydrogens (tertiary/aromatic N) is 1. The number of carbonyl (C=O) groups excluding carboxylic acids is 2. The van der Waals surface area contributed by atoms with E-state index in [2.05, 4.69) is 11.4 Å². The van der Waals surface area contributed by atoms with Crippen LogP contribution in [0.2, 0.25) is 5.02 Å². The Hall–Kier alpha value is -1.39. The molecule has 1 aromatic rings. The van der Waals surface area contributed by atoms with Crippen molar-refractivity contribution in [3.63, 3.8) is 0 Å². The van der Waals surface area contributed by atoms with Crippen molar-refractivity contribution in [2.45, 2.75) is 43.7 Å². The van der Waals surface area contributed by atoms with Crippen LogP contribution in [0.15, 0.2) is 24.3 Å². The fourth-order valence-electron chi connectivity index (χ4n) is 3.14. The first-order valence-electron chi connectivity index (χ1n) is 7.36. The molecule has 0 spiro atoms. The Morgan fingerprint density at radius 2 is 2.05 bits per heavy atom. The summed E-state index contributed by atoms with van der Waals surface area (Å²) >= 11 is 6.01. The molecule has 1 aliphatic carbocycles. The fourth-order valence-corrected chi connectivity index (χ4v) is 3.34. The first-order valence-corrected chi connectivity index (χ1v) is 7.74. The number of nitrogens with one attached hydrogen (secondary N) is 1. The minimum Gasteiger partial charge on any atom is -0.303 e. The summed E-state index contributed by atoms with van der Waals surface area (Å²) in [6.07, 6.45) is 3.09. The number of halogens is 1. The normalized spacial score (nSPS) is 29.4. The van der Waals surface area contributed by atoms with E-state index < -0.39 is 0 Å². The van der Waals surface area contributed by atoms with E-state index in [1.54, 1.807) is 7.05 Å². The molecule has 21 heavy (non-hydrogen) atoms. The molecule has 1 saturated heterocycles. The second kappa shape index (κ2) is 5.78. The molecule has 0 bridgehead atoms. The molecular formula is C16H19ClN2O2. The van der Waals surface area contributed by atoms with Crippen LogP contribution in [0.1, 0.15) is 37.2 Å². The van der Waals surface area contributed by atoms with Gasteiger partial charge in [0.15, 0.2) is 0 Å². The van der Waals surface area contributed by atoms with E-state index >= 15 is 0 Å². The molecule has 2 aliphatic rings. The quantitative estimate of drug-likeness (QED) is 0.872. The van der Waals surface area contributed by atoms with Crippen LogP contribution >= 0.6 is 11.6 Å². The lowest BCUT2D eigenvalue weighted by Gasteiger charge is -2.40. The van der Waals surface area contributed by atoms with Crippen LogP contribution in [0.25, 0.3) is 0 Å². The highest BCUT2D eigenvalue weighted by atomic mass is 35.5. The van der Waals surface area contributed by atoms with Gasteiger partial charge in [0, 0.05) is 24.5 Å². The van der Waals surface area contributed by atoms with Crippen molar-refractivity contribution in [2.75, 3.05) is 7.05 Å². The van der Waals surface area contributed by atoms with Crippen LogP contribution in [0.5, 0.6) is 0 Å². The average molecular weight is 307 g/mol. The average Bonchev–Trinajstić information content (AvgIpc) is 2.42. The van der Waals surface area contributed by atoms with Crippen molar-refractivity contribution in [3.05, 3.63) is 34.9 Å². The standard InChI is InChI=1S/C16H19ClN2O2/c1-19-15(20)6-5-14(16(19)21)18-13-8-11(9-13)10-3-2-4-12(17)7-10/h2-4,7,11,13-14,18H,5-6,8-9H2,1H3. The molecule has 1 aliphatic heterocycles. The van der Waals surface area contributed by atoms with E-state index in [-0.39, 0.29) is 17.9 Å². The van der Waals surface area contributed by atoms with Crippen LogP contribution in [0.3, 0.4) is 0 Å². The summed E-state index contributed by atoms with van der Waals surface area (Å²) in [4.78, 5) is 24.7. The maximum Gasteiger partial charge on any atom is 0.246 e. The van der Waals surface area contributed by atoms with Crippen LogP contribution in [-0.2, 0) is 9.59 Å². The lowest BCUT2D eigenvalue weighted by atomic mass is 9.75. The molecule has 0 aromatic heterocycles. The first kappa shape index (κ1) is 14.5. The minimum absolute atomic E-state index is 0.0801. The molecule has 112 valence electrons. The van der Waals surface area contributed by atoms with Gasteiger partial charge in [-0.3, -0.25) is 14.5 Å². The Morgan fingerprint density at radius 3 is 2.76 bits per heavy atom. The Balaban J connectivity index is 1.53. The van der Waals surface area contributed by atoms with Gasteiger partial charge in [0.1, 0.15) is 0 Å². The molecule has 2 fully saturated rings.